The van der Waals surface area contributed by atoms with E-state index in [0.29, 0.717) is 12.1 Å². The number of likely N-dealkylation sites (N-methyl/N-ethyl adjacent to an activating group) is 1. The number of ether oxygens (including phenoxy) is 1. The van der Waals surface area contributed by atoms with Gasteiger partial charge in [0.2, 0.25) is 5.88 Å². The molecule has 4 nitrogen and oxygen atoms in total. The van der Waals surface area contributed by atoms with Gasteiger partial charge in [-0.15, -0.1) is 0 Å². The Morgan fingerprint density at radius 3 is 2.31 bits per heavy atom. The Hall–Kier alpha value is -2.33. The number of nitrogens with two attached hydrogens (primary N) is 1. The van der Waals surface area contributed by atoms with Crippen molar-refractivity contribution in [3.8, 4) is 6.07 Å². The molecule has 29 heavy (non-hydrogen) atoms. The molecule has 2 aromatic carbocycles. The highest BCUT2D eigenvalue weighted by atomic mass is 79.9. The summed E-state index contributed by atoms with van der Waals surface area (Å²) in [6.45, 7) is 1.46. The zero-order chi connectivity index (χ0) is 20.5. The molecule has 0 radical (unpaired) electrons. The van der Waals surface area contributed by atoms with Gasteiger partial charge in [0.1, 0.15) is 17.4 Å². The van der Waals surface area contributed by atoms with Crippen LogP contribution in [0.2, 0.25) is 0 Å². The van der Waals surface area contributed by atoms with E-state index in [1.165, 1.54) is 0 Å². The van der Waals surface area contributed by atoms with Crippen LogP contribution in [0.4, 0.5) is 0 Å². The number of nitriles is 1. The quantitative estimate of drug-likeness (QED) is 0.592. The molecule has 2 heterocycles. The number of allylic oxidation sites excluding steroid dienone is 1. The van der Waals surface area contributed by atoms with Crippen LogP contribution < -0.4 is 5.73 Å². The van der Waals surface area contributed by atoms with Crippen LogP contribution >= 0.6 is 31.9 Å². The first-order chi connectivity index (χ1) is 14.0. The molecule has 0 aromatic heterocycles. The molecule has 0 bridgehead atoms. The predicted octanol–water partition coefficient (Wildman–Crippen LogP) is 5.30. The monoisotopic (exact) mass is 511 g/mol. The molecular weight excluding hydrogens is 494 g/mol. The second-order valence-electron chi connectivity index (χ2n) is 7.22. The Labute approximate surface area is 187 Å². The summed E-state index contributed by atoms with van der Waals surface area (Å²) in [6.07, 6.45) is 2.13. The van der Waals surface area contributed by atoms with Crippen molar-refractivity contribution < 1.29 is 4.74 Å². The van der Waals surface area contributed by atoms with E-state index in [2.05, 4.69) is 68.1 Å². The molecule has 0 amide bonds. The summed E-state index contributed by atoms with van der Waals surface area (Å²) >= 11 is 6.96. The minimum absolute atomic E-state index is 0.186. The maximum atomic E-state index is 9.80. The highest BCUT2D eigenvalue weighted by Gasteiger charge is 2.36. The summed E-state index contributed by atoms with van der Waals surface area (Å²) in [5.74, 6) is 0.758. The molecule has 146 valence electrons. The van der Waals surface area contributed by atoms with Gasteiger partial charge >= 0.3 is 0 Å². The van der Waals surface area contributed by atoms with Gasteiger partial charge < -0.3 is 10.5 Å². The number of nitrogens with zero attached hydrogens (tertiary/aromatic N) is 2. The first-order valence-electron chi connectivity index (χ1n) is 9.17. The highest BCUT2D eigenvalue weighted by Crippen LogP contribution is 2.43. The fourth-order valence-corrected chi connectivity index (χ4v) is 4.37. The highest BCUT2D eigenvalue weighted by molar-refractivity contribution is 9.10. The van der Waals surface area contributed by atoms with E-state index in [4.69, 9.17) is 10.5 Å². The molecule has 2 N–H and O–H groups in total. The maximum absolute atomic E-state index is 9.80. The van der Waals surface area contributed by atoms with Crippen molar-refractivity contribution in [3.63, 3.8) is 0 Å². The summed E-state index contributed by atoms with van der Waals surface area (Å²) in [6, 6.07) is 18.5. The lowest BCUT2D eigenvalue weighted by molar-refractivity contribution is 0.251. The van der Waals surface area contributed by atoms with Crippen molar-refractivity contribution in [1.82, 2.24) is 4.90 Å². The van der Waals surface area contributed by atoms with Crippen molar-refractivity contribution in [3.05, 3.63) is 97.0 Å². The number of hydrogen-bond acceptors (Lipinski definition) is 4. The van der Waals surface area contributed by atoms with Crippen molar-refractivity contribution in [1.29, 1.82) is 5.26 Å². The Bertz CT molecular complexity index is 1080. The Kier molecular flexibility index (Phi) is 5.64. The number of benzene rings is 2. The zero-order valence-electron chi connectivity index (χ0n) is 15.8. The molecule has 4 rings (SSSR count). The minimum atomic E-state index is -0.215. The first kappa shape index (κ1) is 20.0. The van der Waals surface area contributed by atoms with Crippen molar-refractivity contribution in [2.24, 2.45) is 5.73 Å². The van der Waals surface area contributed by atoms with Crippen LogP contribution in [0.1, 0.15) is 17.0 Å². The van der Waals surface area contributed by atoms with Gasteiger partial charge in [-0.1, -0.05) is 56.1 Å². The zero-order valence-corrected chi connectivity index (χ0v) is 19.0. The molecule has 2 aliphatic heterocycles. The van der Waals surface area contributed by atoms with Crippen LogP contribution in [0.3, 0.4) is 0 Å². The molecule has 0 spiro atoms. The Morgan fingerprint density at radius 2 is 1.69 bits per heavy atom. The van der Waals surface area contributed by atoms with E-state index in [1.54, 1.807) is 0 Å². The van der Waals surface area contributed by atoms with E-state index in [0.717, 1.165) is 43.5 Å². The fourth-order valence-electron chi connectivity index (χ4n) is 3.84. The first-order valence-corrected chi connectivity index (χ1v) is 10.8. The van der Waals surface area contributed by atoms with Crippen LogP contribution in [-0.2, 0) is 4.74 Å². The standard InChI is InChI=1S/C23H19Br2N3O/c1-28-12-16(10-14-2-6-17(24)7-3-14)22-20(13-28)21(19(11-26)23(27)29-22)15-4-8-18(25)9-5-15/h2-10,21H,12-13,27H2,1H3/b16-10+/t21-/m0/s1. The van der Waals surface area contributed by atoms with Gasteiger partial charge in [0, 0.05) is 27.6 Å². The molecular formula is C23H19Br2N3O. The van der Waals surface area contributed by atoms with Gasteiger partial charge in [-0.2, -0.15) is 5.26 Å². The topological polar surface area (TPSA) is 62.3 Å². The Morgan fingerprint density at radius 1 is 1.07 bits per heavy atom. The van der Waals surface area contributed by atoms with Crippen molar-refractivity contribution in [2.45, 2.75) is 5.92 Å². The number of hydrogen-bond donors (Lipinski definition) is 1. The molecule has 0 unspecified atom stereocenters. The predicted molar refractivity (Wildman–Crippen MR) is 121 cm³/mol. The number of rotatable bonds is 2. The van der Waals surface area contributed by atoms with E-state index in [1.807, 2.05) is 36.4 Å². The van der Waals surface area contributed by atoms with Gasteiger partial charge in [0.25, 0.3) is 0 Å². The van der Waals surface area contributed by atoms with E-state index in [9.17, 15) is 5.26 Å². The van der Waals surface area contributed by atoms with Gasteiger partial charge in [-0.25, -0.2) is 0 Å². The molecule has 0 aliphatic carbocycles. The smallest absolute Gasteiger partial charge is 0.205 e. The molecule has 6 heteroatoms. The third kappa shape index (κ3) is 4.04. The third-order valence-electron chi connectivity index (χ3n) is 5.11. The van der Waals surface area contributed by atoms with Crippen LogP contribution in [0.5, 0.6) is 0 Å². The van der Waals surface area contributed by atoms with Crippen molar-refractivity contribution in [2.75, 3.05) is 20.1 Å². The van der Waals surface area contributed by atoms with Gasteiger partial charge in [0.05, 0.1) is 5.92 Å². The average Bonchev–Trinajstić information content (AvgIpc) is 2.70. The normalized spacial score (nSPS) is 21.0. The third-order valence-corrected chi connectivity index (χ3v) is 6.17. The summed E-state index contributed by atoms with van der Waals surface area (Å²) < 4.78 is 8.06. The van der Waals surface area contributed by atoms with Gasteiger partial charge in [0.15, 0.2) is 0 Å². The molecule has 1 atom stereocenters. The summed E-state index contributed by atoms with van der Waals surface area (Å²) in [5.41, 5.74) is 10.9. The molecule has 2 aromatic rings. The molecule has 0 saturated heterocycles. The minimum Gasteiger partial charge on any atom is -0.440 e. The molecule has 2 aliphatic rings. The van der Waals surface area contributed by atoms with Gasteiger partial charge in [-0.3, -0.25) is 4.90 Å². The van der Waals surface area contributed by atoms with Crippen molar-refractivity contribution >= 4 is 37.9 Å². The van der Waals surface area contributed by atoms with E-state index < -0.39 is 0 Å². The van der Waals surface area contributed by atoms with Crippen LogP contribution in [-0.4, -0.2) is 25.0 Å². The summed E-state index contributed by atoms with van der Waals surface area (Å²) in [7, 11) is 2.07. The average molecular weight is 513 g/mol. The fraction of sp³-hybridized carbons (Fsp3) is 0.174. The molecule has 0 fully saturated rings. The van der Waals surface area contributed by atoms with Gasteiger partial charge in [-0.05, 0) is 54.1 Å². The second kappa shape index (κ2) is 8.19. The van der Waals surface area contributed by atoms with Crippen LogP contribution in [0.15, 0.2) is 85.8 Å². The lowest BCUT2D eigenvalue weighted by Crippen LogP contribution is -2.35. The summed E-state index contributed by atoms with van der Waals surface area (Å²) in [5, 5.41) is 9.80. The SMILES string of the molecule is CN1CC2=C(OC(N)=C(C#N)[C@@H]2c2ccc(Br)cc2)/C(=C/c2ccc(Br)cc2)C1. The second-order valence-corrected chi connectivity index (χ2v) is 9.06. The van der Waals surface area contributed by atoms with E-state index >= 15 is 0 Å². The maximum Gasteiger partial charge on any atom is 0.205 e. The lowest BCUT2D eigenvalue weighted by atomic mass is 9.80. The number of halogens is 2. The lowest BCUT2D eigenvalue weighted by Gasteiger charge is -2.36. The molecule has 0 saturated carbocycles. The largest absolute Gasteiger partial charge is 0.440 e. The van der Waals surface area contributed by atoms with Crippen LogP contribution in [0.25, 0.3) is 6.08 Å². The summed E-state index contributed by atoms with van der Waals surface area (Å²) in [4.78, 5) is 2.23. The van der Waals surface area contributed by atoms with E-state index in [-0.39, 0.29) is 11.8 Å². The Balaban J connectivity index is 1.85. The van der Waals surface area contributed by atoms with Crippen LogP contribution in [0, 0.1) is 11.3 Å².